The van der Waals surface area contributed by atoms with Crippen LogP contribution in [0.1, 0.15) is 152 Å². The second-order valence-electron chi connectivity index (χ2n) is 28.7. The number of azide groups is 1. The molecule has 3 saturated heterocycles. The number of rotatable bonds is 42. The molecule has 12 rings (SSSR count). The maximum Gasteiger partial charge on any atom is 0.338 e. The highest BCUT2D eigenvalue weighted by Crippen LogP contribution is 2.41. The molecule has 9 aromatic carbocycles. The summed E-state index contributed by atoms with van der Waals surface area (Å²) in [5, 5.41) is 3.62. The SMILES string of the molecule is CC(=O)CCC(=O)O[C@H](COC(=O)c1ccccc1)[C@@H]1O[C@@H](O[C@H](COC(=O)c2ccccc2)[C@@H]2O[C@@H](O[C@H](COC(=O)c3ccccc3)[C@@H]3O[C@@H](OCCCCCCCCN=[N+]=[N-])[C@H](OC(=O)c4ccccc4)[C@H]3OC(=O)c3ccccc3)[C@H](OC(=O)c3ccccc3)[C@H]2OC(=O)c2ccccc2)[C@H](OC(=O)c2ccccc2)[C@H]1OC(=O)c1ccccc1. The van der Waals surface area contributed by atoms with Gasteiger partial charge in [-0.3, -0.25) is 4.79 Å². The van der Waals surface area contributed by atoms with E-state index in [1.165, 1.54) is 165 Å². The van der Waals surface area contributed by atoms with E-state index in [0.717, 1.165) is 19.3 Å². The van der Waals surface area contributed by atoms with Crippen molar-refractivity contribution in [1.82, 2.24) is 0 Å². The third-order valence-electron chi connectivity index (χ3n) is 20.0. The molecule has 0 amide bonds. The van der Waals surface area contributed by atoms with Crippen LogP contribution in [-0.2, 0) is 85.4 Å². The summed E-state index contributed by atoms with van der Waals surface area (Å²) in [4.78, 5) is 163. The molecule has 30 nitrogen and oxygen atoms in total. The molecule has 3 fully saturated rings. The highest BCUT2D eigenvalue weighted by Gasteiger charge is 2.61. The van der Waals surface area contributed by atoms with Gasteiger partial charge in [0.25, 0.3) is 0 Å². The third kappa shape index (κ3) is 25.3. The van der Waals surface area contributed by atoms with Crippen molar-refractivity contribution in [2.24, 2.45) is 5.11 Å². The summed E-state index contributed by atoms with van der Waals surface area (Å²) in [7, 11) is 0. The van der Waals surface area contributed by atoms with Crippen LogP contribution in [0.5, 0.6) is 0 Å². The minimum absolute atomic E-state index is 0.00564. The maximum absolute atomic E-state index is 15.3. The van der Waals surface area contributed by atoms with Crippen molar-refractivity contribution in [3.05, 3.63) is 334 Å². The van der Waals surface area contributed by atoms with E-state index in [2.05, 4.69) is 10.0 Å². The number of carbonyl (C=O) groups excluding carboxylic acids is 11. The smallest absolute Gasteiger partial charge is 0.338 e. The summed E-state index contributed by atoms with van der Waals surface area (Å²) in [6.45, 7) is -1.30. The van der Waals surface area contributed by atoms with Gasteiger partial charge in [0.2, 0.25) is 0 Å². The summed E-state index contributed by atoms with van der Waals surface area (Å²) in [5.41, 5.74) is 8.58. The molecule has 0 bridgehead atoms. The predicted octanol–water partition coefficient (Wildman–Crippen LogP) is 13.8. The normalized spacial score (nSPS) is 20.7. The lowest BCUT2D eigenvalue weighted by molar-refractivity contribution is -0.261. The zero-order valence-corrected chi connectivity index (χ0v) is 67.2. The van der Waals surface area contributed by atoms with E-state index in [9.17, 15) is 43.2 Å². The van der Waals surface area contributed by atoms with Crippen LogP contribution >= 0.6 is 0 Å². The summed E-state index contributed by atoms with van der Waals surface area (Å²) >= 11 is 0. The monoisotopic (exact) mass is 1690 g/mol. The average molecular weight is 1690 g/mol. The first-order valence-electron chi connectivity index (χ1n) is 40.3. The van der Waals surface area contributed by atoms with Crippen LogP contribution in [0.25, 0.3) is 10.4 Å². The number of Topliss-reactive ketones (excluding diaryl/α,β-unsaturated/α-hetero) is 1. The highest BCUT2D eigenvalue weighted by atomic mass is 16.8. The lowest BCUT2D eigenvalue weighted by Gasteiger charge is -2.31. The molecule has 0 aromatic heterocycles. The van der Waals surface area contributed by atoms with Crippen molar-refractivity contribution < 1.29 is 129 Å². The number of esters is 10. The molecule has 0 spiro atoms. The molecular weight excluding hydrogens is 1600 g/mol. The number of ketones is 1. The zero-order chi connectivity index (χ0) is 86.9. The Hall–Kier alpha value is -13.6. The maximum atomic E-state index is 15.3. The van der Waals surface area contributed by atoms with E-state index in [0.29, 0.717) is 25.8 Å². The van der Waals surface area contributed by atoms with Crippen molar-refractivity contribution in [3.63, 3.8) is 0 Å². The van der Waals surface area contributed by atoms with Crippen LogP contribution in [0.3, 0.4) is 0 Å². The first-order valence-corrected chi connectivity index (χ1v) is 40.3. The van der Waals surface area contributed by atoms with E-state index in [1.54, 1.807) is 115 Å². The Morgan fingerprint density at radius 1 is 0.315 bits per heavy atom. The summed E-state index contributed by atoms with van der Waals surface area (Å²) in [6.07, 6.45) is -26.5. The number of hydrogen-bond donors (Lipinski definition) is 0. The molecule has 3 aliphatic heterocycles. The minimum Gasteiger partial charge on any atom is -0.459 e. The lowest BCUT2D eigenvalue weighted by Crippen LogP contribution is -2.50. The number of nitrogens with zero attached hydrogens (tertiary/aromatic N) is 3. The summed E-state index contributed by atoms with van der Waals surface area (Å²) in [6, 6.07) is 68.5. The van der Waals surface area contributed by atoms with Gasteiger partial charge in [0.15, 0.2) is 61.6 Å². The van der Waals surface area contributed by atoms with Gasteiger partial charge in [-0.05, 0) is 134 Å². The van der Waals surface area contributed by atoms with Gasteiger partial charge in [0.05, 0.1) is 56.5 Å². The quantitative estimate of drug-likeness (QED) is 0.00856. The zero-order valence-electron chi connectivity index (χ0n) is 67.2. The van der Waals surface area contributed by atoms with Gasteiger partial charge < -0.3 is 80.6 Å². The molecule has 0 unspecified atom stereocenters. The van der Waals surface area contributed by atoms with Gasteiger partial charge in [0.1, 0.15) is 56.1 Å². The van der Waals surface area contributed by atoms with Crippen molar-refractivity contribution in [2.75, 3.05) is 33.0 Å². The van der Waals surface area contributed by atoms with Gasteiger partial charge in [-0.25, -0.2) is 43.2 Å². The second kappa shape index (κ2) is 45.9. The van der Waals surface area contributed by atoms with Gasteiger partial charge in [-0.15, -0.1) is 0 Å². The van der Waals surface area contributed by atoms with E-state index < -0.39 is 184 Å². The Morgan fingerprint density at radius 3 is 0.863 bits per heavy atom. The van der Waals surface area contributed by atoms with Crippen molar-refractivity contribution >= 4 is 65.5 Å². The number of unbranched alkanes of at least 4 members (excludes halogenated alkanes) is 5. The first kappa shape index (κ1) is 89.7. The molecule has 3 heterocycles. The van der Waals surface area contributed by atoms with Gasteiger partial charge in [-0.1, -0.05) is 195 Å². The molecule has 3 aliphatic rings. The number of hydrogen-bond acceptors (Lipinski definition) is 28. The number of ether oxygens (including phenoxy) is 16. The molecule has 0 radical (unpaired) electrons. The molecular formula is C94H89N3O27. The molecule has 642 valence electrons. The Morgan fingerprint density at radius 2 is 0.565 bits per heavy atom. The molecule has 0 saturated carbocycles. The molecule has 15 atom stereocenters. The van der Waals surface area contributed by atoms with Gasteiger partial charge >= 0.3 is 59.7 Å². The van der Waals surface area contributed by atoms with Crippen LogP contribution in [0.4, 0.5) is 0 Å². The predicted molar refractivity (Wildman–Crippen MR) is 437 cm³/mol. The van der Waals surface area contributed by atoms with Crippen LogP contribution < -0.4 is 0 Å². The van der Waals surface area contributed by atoms with Crippen LogP contribution in [0.2, 0.25) is 0 Å². The fourth-order valence-electron chi connectivity index (χ4n) is 13.7. The molecule has 30 heteroatoms. The number of carbonyl (C=O) groups is 11. The van der Waals surface area contributed by atoms with Crippen molar-refractivity contribution in [1.29, 1.82) is 0 Å². The fourth-order valence-corrected chi connectivity index (χ4v) is 13.7. The van der Waals surface area contributed by atoms with E-state index in [-0.39, 0.29) is 63.1 Å². The Bertz CT molecular complexity index is 5060. The van der Waals surface area contributed by atoms with Crippen molar-refractivity contribution in [2.45, 2.75) is 150 Å². The summed E-state index contributed by atoms with van der Waals surface area (Å²) in [5.74, 6) is -10.7. The molecule has 9 aromatic rings. The minimum atomic E-state index is -2.21. The Balaban J connectivity index is 1.02. The largest absolute Gasteiger partial charge is 0.459 e. The Kier molecular flexibility index (Phi) is 33.2. The average Bonchev–Trinajstić information content (AvgIpc) is 1.63. The fraction of sp³-hybridized carbons (Fsp3) is 0.309. The molecule has 0 N–H and O–H groups in total. The van der Waals surface area contributed by atoms with Crippen LogP contribution in [0, 0.1) is 0 Å². The number of benzene rings is 9. The standard InChI is InChI=1S/C94H89N3O27/c1-60(98)53-54-73(99)113-70(57-110-83(100)61-35-15-6-16-36-61)74-78(117-87(104)65-43-23-10-24-44-65)81(120-90(107)68-49-29-13-30-50-68)93(123-74)115-72(59-112-85(102)63-39-19-8-20-40-63)76-79(118-88(105)66-45-25-11-26-46-66)82(121-91(108)69-51-31-14-32-52-69)94(124-76)114-71(58-111-84(101)62-37-17-7-18-38-62)75-77(116-86(103)64-41-21-9-22-42-64)80(119-89(106)67-47-27-12-28-48-67)92(122-75)109-56-34-5-3-2-4-33-55-96-97-95/h6-32,35-52,70-72,74-82,92-94H,2-5,33-34,53-59H2,1H3/t70-,71-,72-,74+,75+,76+,77+,78+,79+,80-,81-,82-,92-,93-,94-/m1/s1. The third-order valence-corrected chi connectivity index (χ3v) is 20.0. The van der Waals surface area contributed by atoms with E-state index in [4.69, 9.17) is 81.3 Å². The lowest BCUT2D eigenvalue weighted by atomic mass is 10.0. The van der Waals surface area contributed by atoms with Crippen molar-refractivity contribution in [3.8, 4) is 0 Å². The van der Waals surface area contributed by atoms with Gasteiger partial charge in [0, 0.05) is 24.5 Å². The second-order valence-corrected chi connectivity index (χ2v) is 28.7. The first-order chi connectivity index (χ1) is 60.5. The van der Waals surface area contributed by atoms with E-state index >= 15 is 9.59 Å². The van der Waals surface area contributed by atoms with Gasteiger partial charge in [-0.2, -0.15) is 0 Å². The summed E-state index contributed by atoms with van der Waals surface area (Å²) < 4.78 is 105. The van der Waals surface area contributed by atoms with Crippen LogP contribution in [0.15, 0.2) is 278 Å². The molecule has 0 aliphatic carbocycles. The molecule has 124 heavy (non-hydrogen) atoms. The van der Waals surface area contributed by atoms with E-state index in [1.807, 2.05) is 0 Å². The Labute approximate surface area is 712 Å². The topological polar surface area (TPSA) is 384 Å². The van der Waals surface area contributed by atoms with Crippen LogP contribution in [-0.4, -0.2) is 191 Å². The highest BCUT2D eigenvalue weighted by molar-refractivity contribution is 5.94.